The first-order valence-electron chi connectivity index (χ1n) is 7.83. The summed E-state index contributed by atoms with van der Waals surface area (Å²) >= 11 is 0. The number of hydrogen-bond donors (Lipinski definition) is 1. The first-order valence-corrected chi connectivity index (χ1v) is 9.27. The summed E-state index contributed by atoms with van der Waals surface area (Å²) in [5.74, 6) is 0.439. The van der Waals surface area contributed by atoms with E-state index in [2.05, 4.69) is 5.32 Å². The highest BCUT2D eigenvalue weighted by Crippen LogP contribution is 2.25. The molecule has 6 nitrogen and oxygen atoms in total. The molecule has 0 aliphatic carbocycles. The maximum Gasteiger partial charge on any atom is 0.264 e. The largest absolute Gasteiger partial charge is 0.491 e. The molecule has 0 fully saturated rings. The summed E-state index contributed by atoms with van der Waals surface area (Å²) in [5, 5.41) is 2.64. The van der Waals surface area contributed by atoms with Gasteiger partial charge in [-0.1, -0.05) is 0 Å². The second kappa shape index (κ2) is 7.57. The molecular formula is C18H22N2O4S. The average Bonchev–Trinajstić information content (AvgIpc) is 2.54. The topological polar surface area (TPSA) is 75.7 Å². The zero-order valence-corrected chi connectivity index (χ0v) is 15.5. The Hall–Kier alpha value is -2.54. The van der Waals surface area contributed by atoms with Crippen LogP contribution in [0.1, 0.15) is 20.8 Å². The predicted octanol–water partition coefficient (Wildman–Crippen LogP) is 3.26. The van der Waals surface area contributed by atoms with E-state index in [0.717, 1.165) is 0 Å². The number of hydrogen-bond acceptors (Lipinski definition) is 4. The van der Waals surface area contributed by atoms with Crippen molar-refractivity contribution in [3.63, 3.8) is 0 Å². The minimum absolute atomic E-state index is 0.0206. The van der Waals surface area contributed by atoms with Crippen molar-refractivity contribution in [1.82, 2.24) is 0 Å². The number of ether oxygens (including phenoxy) is 1. The molecule has 0 saturated heterocycles. The van der Waals surface area contributed by atoms with Crippen LogP contribution in [-0.4, -0.2) is 27.5 Å². The lowest BCUT2D eigenvalue weighted by atomic mass is 10.3. The standard InChI is InChI=1S/C18H22N2O4S/c1-13(2)24-17-9-11-18(12-10-17)25(22,23)20(4)16-7-5-15(6-8-16)19-14(3)21/h5-13H,1-4H3,(H,19,21). The molecule has 7 heteroatoms. The fourth-order valence-corrected chi connectivity index (χ4v) is 3.41. The predicted molar refractivity (Wildman–Crippen MR) is 98.5 cm³/mol. The summed E-state index contributed by atoms with van der Waals surface area (Å²) in [6.07, 6.45) is 0.0206. The minimum atomic E-state index is -3.68. The maximum absolute atomic E-state index is 12.7. The lowest BCUT2D eigenvalue weighted by Crippen LogP contribution is -2.26. The van der Waals surface area contributed by atoms with Crippen LogP contribution < -0.4 is 14.4 Å². The van der Waals surface area contributed by atoms with E-state index in [1.807, 2.05) is 13.8 Å². The molecule has 0 bridgehead atoms. The van der Waals surface area contributed by atoms with E-state index in [1.165, 1.54) is 30.4 Å². The molecular weight excluding hydrogens is 340 g/mol. The van der Waals surface area contributed by atoms with Crippen molar-refractivity contribution in [2.75, 3.05) is 16.7 Å². The number of sulfonamides is 1. The second-order valence-corrected chi connectivity index (χ2v) is 7.81. The van der Waals surface area contributed by atoms with Gasteiger partial charge in [0.25, 0.3) is 10.0 Å². The summed E-state index contributed by atoms with van der Waals surface area (Å²) in [7, 11) is -2.20. The van der Waals surface area contributed by atoms with Crippen LogP contribution in [0.5, 0.6) is 5.75 Å². The van der Waals surface area contributed by atoms with Crippen LogP contribution in [0.25, 0.3) is 0 Å². The summed E-state index contributed by atoms with van der Waals surface area (Å²) in [6, 6.07) is 12.9. The monoisotopic (exact) mass is 362 g/mol. The van der Waals surface area contributed by atoms with Crippen LogP contribution in [0.15, 0.2) is 53.4 Å². The van der Waals surface area contributed by atoms with Gasteiger partial charge in [-0.25, -0.2) is 8.42 Å². The molecule has 0 unspecified atom stereocenters. The van der Waals surface area contributed by atoms with Gasteiger partial charge in [0.2, 0.25) is 5.91 Å². The second-order valence-electron chi connectivity index (χ2n) is 5.84. The third-order valence-electron chi connectivity index (χ3n) is 3.41. The van der Waals surface area contributed by atoms with Crippen LogP contribution in [0.3, 0.4) is 0 Å². The van der Waals surface area contributed by atoms with E-state index in [-0.39, 0.29) is 16.9 Å². The Labute approximate surface area is 148 Å². The first kappa shape index (κ1) is 18.8. The zero-order valence-electron chi connectivity index (χ0n) is 14.7. The molecule has 0 aliphatic rings. The molecule has 134 valence electrons. The van der Waals surface area contributed by atoms with Gasteiger partial charge in [-0.2, -0.15) is 0 Å². The first-order chi connectivity index (χ1) is 11.7. The average molecular weight is 362 g/mol. The molecule has 25 heavy (non-hydrogen) atoms. The molecule has 0 heterocycles. The molecule has 1 amide bonds. The quantitative estimate of drug-likeness (QED) is 0.856. The van der Waals surface area contributed by atoms with E-state index >= 15 is 0 Å². The van der Waals surface area contributed by atoms with Gasteiger partial charge in [-0.3, -0.25) is 9.10 Å². The van der Waals surface area contributed by atoms with Gasteiger partial charge in [0.15, 0.2) is 0 Å². The van der Waals surface area contributed by atoms with Gasteiger partial charge in [0.05, 0.1) is 16.7 Å². The molecule has 2 rings (SSSR count). The minimum Gasteiger partial charge on any atom is -0.491 e. The van der Waals surface area contributed by atoms with Crippen molar-refractivity contribution >= 4 is 27.3 Å². The Balaban J connectivity index is 2.21. The van der Waals surface area contributed by atoms with Crippen molar-refractivity contribution in [2.24, 2.45) is 0 Å². The molecule has 0 aromatic heterocycles. The van der Waals surface area contributed by atoms with Crippen molar-refractivity contribution in [3.05, 3.63) is 48.5 Å². The van der Waals surface area contributed by atoms with E-state index in [9.17, 15) is 13.2 Å². The molecule has 2 aromatic rings. The lowest BCUT2D eigenvalue weighted by molar-refractivity contribution is -0.114. The Bertz CT molecular complexity index is 828. The molecule has 1 N–H and O–H groups in total. The van der Waals surface area contributed by atoms with Crippen molar-refractivity contribution < 1.29 is 17.9 Å². The third-order valence-corrected chi connectivity index (χ3v) is 5.20. The number of nitrogens with zero attached hydrogens (tertiary/aromatic N) is 1. The molecule has 0 radical (unpaired) electrons. The molecule has 2 aromatic carbocycles. The van der Waals surface area contributed by atoms with Crippen LogP contribution in [-0.2, 0) is 14.8 Å². The highest BCUT2D eigenvalue weighted by molar-refractivity contribution is 7.92. The Morgan fingerprint density at radius 1 is 1.04 bits per heavy atom. The van der Waals surface area contributed by atoms with Gasteiger partial charge in [0.1, 0.15) is 5.75 Å². The number of nitrogens with one attached hydrogen (secondary N) is 1. The number of carbonyl (C=O) groups is 1. The zero-order chi connectivity index (χ0) is 18.6. The van der Waals surface area contributed by atoms with Crippen LogP contribution >= 0.6 is 0 Å². The third kappa shape index (κ3) is 4.73. The van der Waals surface area contributed by atoms with Crippen LogP contribution in [0.4, 0.5) is 11.4 Å². The Kier molecular flexibility index (Phi) is 5.69. The fraction of sp³-hybridized carbons (Fsp3) is 0.278. The smallest absolute Gasteiger partial charge is 0.264 e. The SMILES string of the molecule is CC(=O)Nc1ccc(N(C)S(=O)(=O)c2ccc(OC(C)C)cc2)cc1. The summed E-state index contributed by atoms with van der Waals surface area (Å²) in [6.45, 7) is 5.23. The highest BCUT2D eigenvalue weighted by atomic mass is 32.2. The van der Waals surface area contributed by atoms with Crippen LogP contribution in [0, 0.1) is 0 Å². The molecule has 0 saturated carbocycles. The van der Waals surface area contributed by atoms with Gasteiger partial charge in [0, 0.05) is 19.7 Å². The summed E-state index contributed by atoms with van der Waals surface area (Å²) in [5.41, 5.74) is 1.11. The Morgan fingerprint density at radius 2 is 1.60 bits per heavy atom. The maximum atomic E-state index is 12.7. The van der Waals surface area contributed by atoms with Gasteiger partial charge in [-0.05, 0) is 62.4 Å². The molecule has 0 spiro atoms. The summed E-state index contributed by atoms with van der Waals surface area (Å²) in [4.78, 5) is 11.2. The number of carbonyl (C=O) groups excluding carboxylic acids is 1. The van der Waals surface area contributed by atoms with Gasteiger partial charge < -0.3 is 10.1 Å². The molecule has 0 atom stereocenters. The highest BCUT2D eigenvalue weighted by Gasteiger charge is 2.21. The number of amides is 1. The number of benzene rings is 2. The van der Waals surface area contributed by atoms with E-state index in [4.69, 9.17) is 4.74 Å². The number of anilines is 2. The fourth-order valence-electron chi connectivity index (χ4n) is 2.22. The normalized spacial score (nSPS) is 11.2. The van der Waals surface area contributed by atoms with Gasteiger partial charge in [-0.15, -0.1) is 0 Å². The van der Waals surface area contributed by atoms with E-state index < -0.39 is 10.0 Å². The van der Waals surface area contributed by atoms with Crippen molar-refractivity contribution in [2.45, 2.75) is 31.8 Å². The van der Waals surface area contributed by atoms with Gasteiger partial charge >= 0.3 is 0 Å². The van der Waals surface area contributed by atoms with Crippen LogP contribution in [0.2, 0.25) is 0 Å². The van der Waals surface area contributed by atoms with Crippen molar-refractivity contribution in [3.8, 4) is 5.75 Å². The van der Waals surface area contributed by atoms with E-state index in [1.54, 1.807) is 36.4 Å². The van der Waals surface area contributed by atoms with Crippen molar-refractivity contribution in [1.29, 1.82) is 0 Å². The molecule has 0 aliphatic heterocycles. The van der Waals surface area contributed by atoms with E-state index in [0.29, 0.717) is 17.1 Å². The number of rotatable bonds is 6. The summed E-state index contributed by atoms with van der Waals surface area (Å²) < 4.78 is 32.2. The lowest BCUT2D eigenvalue weighted by Gasteiger charge is -2.20. The Morgan fingerprint density at radius 3 is 2.08 bits per heavy atom.